The molecule has 0 aliphatic carbocycles. The van der Waals surface area contributed by atoms with Gasteiger partial charge in [0.25, 0.3) is 0 Å². The van der Waals surface area contributed by atoms with Crippen LogP contribution in [0.3, 0.4) is 0 Å². The fraction of sp³-hybridized carbons (Fsp3) is 0.741. The highest BCUT2D eigenvalue weighted by atomic mass is 16.5. The molecule has 166 valence electrons. The van der Waals surface area contributed by atoms with Gasteiger partial charge in [0.2, 0.25) is 0 Å². The van der Waals surface area contributed by atoms with Crippen LogP contribution in [0.15, 0.2) is 30.3 Å². The van der Waals surface area contributed by atoms with Crippen LogP contribution in [0.2, 0.25) is 0 Å². The zero-order valence-corrected chi connectivity index (χ0v) is 19.3. The zero-order chi connectivity index (χ0) is 21.0. The SMILES string of the molecule is CCCCCCCCCCCCCCCCCC(=O)O[C@@H](C)Cc1ccccc1. The molecule has 1 aromatic carbocycles. The molecule has 0 heterocycles. The van der Waals surface area contributed by atoms with Crippen molar-refractivity contribution in [3.63, 3.8) is 0 Å². The van der Waals surface area contributed by atoms with Gasteiger partial charge in [0.05, 0.1) is 0 Å². The molecular formula is C27H46O2. The summed E-state index contributed by atoms with van der Waals surface area (Å²) in [6.07, 6.45) is 21.5. The largest absolute Gasteiger partial charge is 0.462 e. The first-order valence-electron chi connectivity index (χ1n) is 12.5. The smallest absolute Gasteiger partial charge is 0.306 e. The van der Waals surface area contributed by atoms with Crippen molar-refractivity contribution < 1.29 is 9.53 Å². The molecule has 0 N–H and O–H groups in total. The molecule has 29 heavy (non-hydrogen) atoms. The summed E-state index contributed by atoms with van der Waals surface area (Å²) in [5.74, 6) is -0.0388. The van der Waals surface area contributed by atoms with Crippen LogP contribution in [0.1, 0.15) is 122 Å². The van der Waals surface area contributed by atoms with Gasteiger partial charge >= 0.3 is 5.97 Å². The van der Waals surface area contributed by atoms with Gasteiger partial charge in [-0.25, -0.2) is 0 Å². The molecule has 0 unspecified atom stereocenters. The van der Waals surface area contributed by atoms with Crippen molar-refractivity contribution in [2.24, 2.45) is 0 Å². The minimum Gasteiger partial charge on any atom is -0.462 e. The summed E-state index contributed by atoms with van der Waals surface area (Å²) < 4.78 is 5.53. The maximum atomic E-state index is 12.0. The minimum atomic E-state index is -0.0405. The van der Waals surface area contributed by atoms with Crippen LogP contribution in [0, 0.1) is 0 Å². The van der Waals surface area contributed by atoms with Crippen molar-refractivity contribution in [2.45, 2.75) is 129 Å². The zero-order valence-electron chi connectivity index (χ0n) is 19.3. The summed E-state index contributed by atoms with van der Waals surface area (Å²) in [5.41, 5.74) is 1.22. The van der Waals surface area contributed by atoms with Gasteiger partial charge in [-0.1, -0.05) is 127 Å². The van der Waals surface area contributed by atoms with Crippen molar-refractivity contribution in [1.29, 1.82) is 0 Å². The van der Waals surface area contributed by atoms with Gasteiger partial charge in [-0.05, 0) is 18.9 Å². The molecule has 0 saturated carbocycles. The van der Waals surface area contributed by atoms with Crippen LogP contribution in [-0.4, -0.2) is 12.1 Å². The summed E-state index contributed by atoms with van der Waals surface area (Å²) in [7, 11) is 0. The lowest BCUT2D eigenvalue weighted by Crippen LogP contribution is -2.17. The molecule has 2 nitrogen and oxygen atoms in total. The van der Waals surface area contributed by atoms with Crippen LogP contribution in [0.5, 0.6) is 0 Å². The summed E-state index contributed by atoms with van der Waals surface area (Å²) >= 11 is 0. The molecule has 0 fully saturated rings. The second-order valence-corrected chi connectivity index (χ2v) is 8.69. The molecule has 0 aliphatic rings. The number of ether oxygens (including phenoxy) is 1. The summed E-state index contributed by atoms with van der Waals surface area (Å²) in [6.45, 7) is 4.26. The molecule has 0 bridgehead atoms. The molecule has 0 saturated heterocycles. The van der Waals surface area contributed by atoms with E-state index in [4.69, 9.17) is 4.74 Å². The maximum absolute atomic E-state index is 12.0. The predicted octanol–water partition coefficient (Wildman–Crippen LogP) is 8.42. The number of unbranched alkanes of at least 4 members (excludes halogenated alkanes) is 14. The maximum Gasteiger partial charge on any atom is 0.306 e. The molecule has 0 aliphatic heterocycles. The molecule has 2 heteroatoms. The molecule has 0 spiro atoms. The number of rotatable bonds is 19. The first-order chi connectivity index (χ1) is 14.2. The monoisotopic (exact) mass is 402 g/mol. The van der Waals surface area contributed by atoms with Crippen molar-refractivity contribution in [3.8, 4) is 0 Å². The van der Waals surface area contributed by atoms with E-state index in [1.165, 1.54) is 89.0 Å². The molecule has 0 aromatic heterocycles. The minimum absolute atomic E-state index is 0.0388. The predicted molar refractivity (Wildman–Crippen MR) is 125 cm³/mol. The van der Waals surface area contributed by atoms with Crippen LogP contribution in [0.25, 0.3) is 0 Å². The van der Waals surface area contributed by atoms with Gasteiger partial charge in [-0.15, -0.1) is 0 Å². The van der Waals surface area contributed by atoms with Gasteiger partial charge in [-0.3, -0.25) is 4.79 Å². The fourth-order valence-electron chi connectivity index (χ4n) is 3.91. The van der Waals surface area contributed by atoms with Gasteiger partial charge in [-0.2, -0.15) is 0 Å². The highest BCUT2D eigenvalue weighted by Gasteiger charge is 2.09. The van der Waals surface area contributed by atoms with Gasteiger partial charge < -0.3 is 4.74 Å². The van der Waals surface area contributed by atoms with E-state index in [-0.39, 0.29) is 12.1 Å². The number of carbonyl (C=O) groups is 1. The first-order valence-corrected chi connectivity index (χ1v) is 12.5. The van der Waals surface area contributed by atoms with E-state index >= 15 is 0 Å². The first kappa shape index (κ1) is 25.7. The molecular weight excluding hydrogens is 356 g/mol. The van der Waals surface area contributed by atoms with E-state index in [1.807, 2.05) is 25.1 Å². The Hall–Kier alpha value is -1.31. The average Bonchev–Trinajstić information content (AvgIpc) is 2.71. The number of esters is 1. The number of hydrogen-bond acceptors (Lipinski definition) is 2. The van der Waals surface area contributed by atoms with Gasteiger partial charge in [0, 0.05) is 12.8 Å². The van der Waals surface area contributed by atoms with Crippen LogP contribution < -0.4 is 0 Å². The Morgan fingerprint density at radius 2 is 1.17 bits per heavy atom. The third kappa shape index (κ3) is 16.2. The van der Waals surface area contributed by atoms with E-state index < -0.39 is 0 Å². The lowest BCUT2D eigenvalue weighted by molar-refractivity contribution is -0.148. The summed E-state index contributed by atoms with van der Waals surface area (Å²) in [4.78, 5) is 12.0. The van der Waals surface area contributed by atoms with E-state index in [1.54, 1.807) is 0 Å². The van der Waals surface area contributed by atoms with Crippen molar-refractivity contribution in [3.05, 3.63) is 35.9 Å². The van der Waals surface area contributed by atoms with Crippen LogP contribution in [-0.2, 0) is 16.0 Å². The Morgan fingerprint density at radius 1 is 0.724 bits per heavy atom. The number of benzene rings is 1. The summed E-state index contributed by atoms with van der Waals surface area (Å²) in [6, 6.07) is 10.2. The molecule has 1 aromatic rings. The van der Waals surface area contributed by atoms with Crippen LogP contribution in [0.4, 0.5) is 0 Å². The third-order valence-corrected chi connectivity index (χ3v) is 5.68. The molecule has 1 atom stereocenters. The Kier molecular flexibility index (Phi) is 16.6. The Morgan fingerprint density at radius 3 is 1.66 bits per heavy atom. The third-order valence-electron chi connectivity index (χ3n) is 5.68. The standard InChI is InChI=1S/C27H46O2/c1-3-4-5-6-7-8-9-10-11-12-13-14-15-16-20-23-27(28)29-25(2)24-26-21-18-17-19-22-26/h17-19,21-22,25H,3-16,20,23-24H2,1-2H3/t25-/m0/s1. The molecule has 1 rings (SSSR count). The topological polar surface area (TPSA) is 26.3 Å². The van der Waals surface area contributed by atoms with E-state index in [2.05, 4.69) is 19.1 Å². The van der Waals surface area contributed by atoms with Gasteiger partial charge in [0.1, 0.15) is 6.10 Å². The molecule has 0 radical (unpaired) electrons. The van der Waals surface area contributed by atoms with Gasteiger partial charge in [0.15, 0.2) is 0 Å². The van der Waals surface area contributed by atoms with E-state index in [9.17, 15) is 4.79 Å². The highest BCUT2D eigenvalue weighted by molar-refractivity contribution is 5.69. The van der Waals surface area contributed by atoms with E-state index in [0.29, 0.717) is 6.42 Å². The van der Waals surface area contributed by atoms with Crippen molar-refractivity contribution in [2.75, 3.05) is 0 Å². The Balaban J connectivity index is 1.83. The Labute approximate surface area is 180 Å². The summed E-state index contributed by atoms with van der Waals surface area (Å²) in [5, 5.41) is 0. The normalized spacial score (nSPS) is 12.1. The van der Waals surface area contributed by atoms with Crippen LogP contribution >= 0.6 is 0 Å². The highest BCUT2D eigenvalue weighted by Crippen LogP contribution is 2.14. The second-order valence-electron chi connectivity index (χ2n) is 8.69. The quantitative estimate of drug-likeness (QED) is 0.171. The lowest BCUT2D eigenvalue weighted by atomic mass is 10.0. The lowest BCUT2D eigenvalue weighted by Gasteiger charge is -2.13. The second kappa shape index (κ2) is 18.7. The fourth-order valence-corrected chi connectivity index (χ4v) is 3.91. The molecule has 0 amide bonds. The van der Waals surface area contributed by atoms with E-state index in [0.717, 1.165) is 19.3 Å². The van der Waals surface area contributed by atoms with Crippen molar-refractivity contribution >= 4 is 5.97 Å². The van der Waals surface area contributed by atoms with Crippen molar-refractivity contribution in [1.82, 2.24) is 0 Å². The average molecular weight is 403 g/mol. The number of hydrogen-bond donors (Lipinski definition) is 0. The Bertz CT molecular complexity index is 483. The number of carbonyl (C=O) groups excluding carboxylic acids is 1.